The van der Waals surface area contributed by atoms with Crippen LogP contribution in [0.5, 0.6) is 5.75 Å². The van der Waals surface area contributed by atoms with Crippen LogP contribution in [0.25, 0.3) is 6.08 Å². The van der Waals surface area contributed by atoms with Crippen LogP contribution in [-0.2, 0) is 9.53 Å². The third-order valence-electron chi connectivity index (χ3n) is 1.90. The molecule has 0 amide bonds. The summed E-state index contributed by atoms with van der Waals surface area (Å²) < 4.78 is 17.9. The number of esters is 1. The molecule has 0 unspecified atom stereocenters. The molecule has 0 saturated heterocycles. The molecule has 16 heavy (non-hydrogen) atoms. The zero-order valence-corrected chi connectivity index (χ0v) is 8.94. The number of phenolic OH excluding ortho intramolecular Hbond substituents is 1. The topological polar surface area (TPSA) is 46.5 Å². The van der Waals surface area contributed by atoms with Crippen LogP contribution in [0.15, 0.2) is 24.3 Å². The van der Waals surface area contributed by atoms with Gasteiger partial charge in [-0.1, -0.05) is 18.2 Å². The van der Waals surface area contributed by atoms with E-state index < -0.39 is 5.82 Å². The molecular formula is C12H13FO3. The molecule has 86 valence electrons. The van der Waals surface area contributed by atoms with Gasteiger partial charge in [0.25, 0.3) is 0 Å². The Bertz CT molecular complexity index is 379. The fraction of sp³-hybridized carbons (Fsp3) is 0.250. The lowest BCUT2D eigenvalue weighted by atomic mass is 10.1. The smallest absolute Gasteiger partial charge is 0.309 e. The molecule has 0 aromatic heterocycles. The Kier molecular flexibility index (Phi) is 4.51. The highest BCUT2D eigenvalue weighted by atomic mass is 19.1. The minimum absolute atomic E-state index is 0.0572. The number of hydrogen-bond acceptors (Lipinski definition) is 3. The zero-order valence-electron chi connectivity index (χ0n) is 8.94. The van der Waals surface area contributed by atoms with E-state index in [1.54, 1.807) is 6.92 Å². The van der Waals surface area contributed by atoms with Gasteiger partial charge in [-0.15, -0.1) is 0 Å². The number of carbonyl (C=O) groups excluding carboxylic acids is 1. The first-order valence-corrected chi connectivity index (χ1v) is 4.94. The van der Waals surface area contributed by atoms with Crippen LogP contribution >= 0.6 is 0 Å². The van der Waals surface area contributed by atoms with E-state index in [0.29, 0.717) is 6.61 Å². The van der Waals surface area contributed by atoms with E-state index in [-0.39, 0.29) is 23.7 Å². The van der Waals surface area contributed by atoms with Crippen LogP contribution in [-0.4, -0.2) is 17.7 Å². The van der Waals surface area contributed by atoms with E-state index in [1.165, 1.54) is 30.4 Å². The molecule has 0 aliphatic carbocycles. The standard InChI is InChI=1S/C12H13FO3/c1-2-16-12(15)8-3-5-9-10(13)6-4-7-11(9)14/h3-7,14H,2,8H2,1H3. The number of halogens is 1. The fourth-order valence-electron chi connectivity index (χ4n) is 1.18. The quantitative estimate of drug-likeness (QED) is 0.799. The Labute approximate surface area is 93.2 Å². The lowest BCUT2D eigenvalue weighted by Crippen LogP contribution is -2.01. The predicted molar refractivity (Wildman–Crippen MR) is 58.3 cm³/mol. The minimum atomic E-state index is -0.528. The third kappa shape index (κ3) is 3.38. The first-order valence-electron chi connectivity index (χ1n) is 4.94. The Hall–Kier alpha value is -1.84. The van der Waals surface area contributed by atoms with Gasteiger partial charge in [-0.25, -0.2) is 4.39 Å². The molecule has 3 nitrogen and oxygen atoms in total. The van der Waals surface area contributed by atoms with Gasteiger partial charge in [0, 0.05) is 0 Å². The summed E-state index contributed by atoms with van der Waals surface area (Å²) in [7, 11) is 0. The van der Waals surface area contributed by atoms with Crippen LogP contribution in [0.4, 0.5) is 4.39 Å². The Morgan fingerprint density at radius 2 is 2.31 bits per heavy atom. The van der Waals surface area contributed by atoms with Crippen LogP contribution in [0.2, 0.25) is 0 Å². The summed E-state index contributed by atoms with van der Waals surface area (Å²) in [6.45, 7) is 2.03. The molecule has 4 heteroatoms. The largest absolute Gasteiger partial charge is 0.507 e. The van der Waals surface area contributed by atoms with Crippen molar-refractivity contribution in [3.8, 4) is 5.75 Å². The summed E-state index contributed by atoms with van der Waals surface area (Å²) in [5.41, 5.74) is 0.0757. The van der Waals surface area contributed by atoms with Crippen molar-refractivity contribution in [3.63, 3.8) is 0 Å². The van der Waals surface area contributed by atoms with Crippen molar-refractivity contribution >= 4 is 12.0 Å². The SMILES string of the molecule is CCOC(=O)CC=Cc1c(O)cccc1F. The molecular weight excluding hydrogens is 211 g/mol. The minimum Gasteiger partial charge on any atom is -0.507 e. The van der Waals surface area contributed by atoms with E-state index in [1.807, 2.05) is 0 Å². The van der Waals surface area contributed by atoms with E-state index in [4.69, 9.17) is 4.74 Å². The fourth-order valence-corrected chi connectivity index (χ4v) is 1.18. The van der Waals surface area contributed by atoms with Crippen molar-refractivity contribution in [3.05, 3.63) is 35.7 Å². The highest BCUT2D eigenvalue weighted by molar-refractivity contribution is 5.73. The second-order valence-corrected chi connectivity index (χ2v) is 3.08. The van der Waals surface area contributed by atoms with Crippen LogP contribution < -0.4 is 0 Å². The molecule has 1 N–H and O–H groups in total. The average Bonchev–Trinajstić information content (AvgIpc) is 2.23. The Morgan fingerprint density at radius 1 is 1.56 bits per heavy atom. The number of rotatable bonds is 4. The van der Waals surface area contributed by atoms with E-state index in [0.717, 1.165) is 0 Å². The van der Waals surface area contributed by atoms with Gasteiger partial charge < -0.3 is 9.84 Å². The second kappa shape index (κ2) is 5.90. The van der Waals surface area contributed by atoms with E-state index in [9.17, 15) is 14.3 Å². The van der Waals surface area contributed by atoms with Gasteiger partial charge in [-0.3, -0.25) is 4.79 Å². The van der Waals surface area contributed by atoms with Gasteiger partial charge in [0.15, 0.2) is 0 Å². The van der Waals surface area contributed by atoms with Crippen LogP contribution in [0.3, 0.4) is 0 Å². The average molecular weight is 224 g/mol. The lowest BCUT2D eigenvalue weighted by Gasteiger charge is -2.00. The van der Waals surface area contributed by atoms with Gasteiger partial charge in [0.2, 0.25) is 0 Å². The number of carbonyl (C=O) groups is 1. The first kappa shape index (κ1) is 12.2. The van der Waals surface area contributed by atoms with Crippen molar-refractivity contribution in [2.45, 2.75) is 13.3 Å². The molecule has 0 atom stereocenters. The van der Waals surface area contributed by atoms with Gasteiger partial charge in [0.1, 0.15) is 11.6 Å². The van der Waals surface area contributed by atoms with Crippen molar-refractivity contribution in [1.29, 1.82) is 0 Å². The lowest BCUT2D eigenvalue weighted by molar-refractivity contribution is -0.142. The number of benzene rings is 1. The monoisotopic (exact) mass is 224 g/mol. The number of phenols is 1. The Morgan fingerprint density at radius 3 is 2.94 bits per heavy atom. The third-order valence-corrected chi connectivity index (χ3v) is 1.90. The molecule has 0 bridgehead atoms. The van der Waals surface area contributed by atoms with Gasteiger partial charge in [-0.2, -0.15) is 0 Å². The van der Waals surface area contributed by atoms with Crippen molar-refractivity contribution in [2.75, 3.05) is 6.61 Å². The molecule has 1 aromatic rings. The summed E-state index contributed by atoms with van der Waals surface area (Å²) in [4.78, 5) is 11.0. The molecule has 0 fully saturated rings. The maximum atomic E-state index is 13.2. The summed E-state index contributed by atoms with van der Waals surface area (Å²) in [6.07, 6.45) is 2.87. The summed E-state index contributed by atoms with van der Waals surface area (Å²) in [5.74, 6) is -1.06. The highest BCUT2D eigenvalue weighted by Gasteiger charge is 2.03. The normalized spacial score (nSPS) is 10.6. The number of ether oxygens (including phenoxy) is 1. The van der Waals surface area contributed by atoms with Gasteiger partial charge in [0.05, 0.1) is 18.6 Å². The Balaban J connectivity index is 2.66. The molecule has 0 aliphatic rings. The maximum absolute atomic E-state index is 13.2. The van der Waals surface area contributed by atoms with E-state index >= 15 is 0 Å². The van der Waals surface area contributed by atoms with Crippen molar-refractivity contribution in [2.24, 2.45) is 0 Å². The molecule has 1 aromatic carbocycles. The molecule has 0 spiro atoms. The highest BCUT2D eigenvalue weighted by Crippen LogP contribution is 2.21. The molecule has 1 rings (SSSR count). The van der Waals surface area contributed by atoms with Crippen molar-refractivity contribution in [1.82, 2.24) is 0 Å². The van der Waals surface area contributed by atoms with Gasteiger partial charge in [-0.05, 0) is 19.1 Å². The molecule has 0 radical (unpaired) electrons. The van der Waals surface area contributed by atoms with Crippen LogP contribution in [0.1, 0.15) is 18.9 Å². The molecule has 0 heterocycles. The zero-order chi connectivity index (χ0) is 12.0. The summed E-state index contributed by atoms with van der Waals surface area (Å²) in [5, 5.41) is 9.35. The summed E-state index contributed by atoms with van der Waals surface area (Å²) >= 11 is 0. The molecule has 0 saturated carbocycles. The first-order chi connectivity index (χ1) is 7.65. The second-order valence-electron chi connectivity index (χ2n) is 3.08. The molecule has 0 aliphatic heterocycles. The van der Waals surface area contributed by atoms with E-state index in [2.05, 4.69) is 0 Å². The van der Waals surface area contributed by atoms with Crippen LogP contribution in [0, 0.1) is 5.82 Å². The number of aromatic hydroxyl groups is 1. The van der Waals surface area contributed by atoms with Crippen molar-refractivity contribution < 1.29 is 19.0 Å². The number of hydrogen-bond donors (Lipinski definition) is 1. The summed E-state index contributed by atoms with van der Waals surface area (Å²) in [6, 6.07) is 4.03. The predicted octanol–water partition coefficient (Wildman–Crippen LogP) is 2.50. The van der Waals surface area contributed by atoms with Gasteiger partial charge >= 0.3 is 5.97 Å². The maximum Gasteiger partial charge on any atom is 0.309 e.